The smallest absolute Gasteiger partial charge is 0.101 e. The average Bonchev–Trinajstić information content (AvgIpc) is 3.70. The Hall–Kier alpha value is -7.39. The lowest BCUT2D eigenvalue weighted by molar-refractivity contribution is 1.18. The van der Waals surface area contributed by atoms with E-state index in [1.165, 1.54) is 10.8 Å². The molecule has 0 saturated carbocycles. The number of hydrogen-bond acceptors (Lipinski definition) is 3. The Labute approximate surface area is 287 Å². The SMILES string of the molecule is N#Cc1ccc2c(c1)c1cccc(C#N)c1n2-c1ccccc1-c1ccc(C#N)c(-c2ccc(-n3c4ccccc4c4ccccc43)cc2)c1. The average molecular weight is 636 g/mol. The first-order chi connectivity index (χ1) is 24.7. The summed E-state index contributed by atoms with van der Waals surface area (Å²) < 4.78 is 4.41. The van der Waals surface area contributed by atoms with E-state index in [9.17, 15) is 15.8 Å². The van der Waals surface area contributed by atoms with Crippen LogP contribution in [0.15, 0.2) is 152 Å². The summed E-state index contributed by atoms with van der Waals surface area (Å²) in [6, 6.07) is 57.8. The summed E-state index contributed by atoms with van der Waals surface area (Å²) in [4.78, 5) is 0. The first-order valence-electron chi connectivity index (χ1n) is 16.3. The minimum absolute atomic E-state index is 0.552. The summed E-state index contributed by atoms with van der Waals surface area (Å²) >= 11 is 0. The molecule has 5 nitrogen and oxygen atoms in total. The Bertz CT molecular complexity index is 2900. The minimum Gasteiger partial charge on any atom is -0.309 e. The van der Waals surface area contributed by atoms with Crippen LogP contribution in [0.4, 0.5) is 0 Å². The van der Waals surface area contributed by atoms with Gasteiger partial charge in [-0.15, -0.1) is 0 Å². The zero-order valence-corrected chi connectivity index (χ0v) is 26.7. The van der Waals surface area contributed by atoms with Crippen molar-refractivity contribution in [3.63, 3.8) is 0 Å². The van der Waals surface area contributed by atoms with Crippen LogP contribution in [-0.2, 0) is 0 Å². The molecule has 0 amide bonds. The highest BCUT2D eigenvalue weighted by Gasteiger charge is 2.19. The molecule has 0 aliphatic carbocycles. The van der Waals surface area contributed by atoms with Gasteiger partial charge in [-0.2, -0.15) is 15.8 Å². The van der Waals surface area contributed by atoms with Gasteiger partial charge in [0.25, 0.3) is 0 Å². The van der Waals surface area contributed by atoms with Gasteiger partial charge >= 0.3 is 0 Å². The number of aromatic nitrogens is 2. The van der Waals surface area contributed by atoms with Gasteiger partial charge in [0.1, 0.15) is 6.07 Å². The second-order valence-electron chi connectivity index (χ2n) is 12.3. The van der Waals surface area contributed by atoms with E-state index >= 15 is 0 Å². The van der Waals surface area contributed by atoms with Gasteiger partial charge in [0.2, 0.25) is 0 Å². The topological polar surface area (TPSA) is 81.2 Å². The molecule has 0 aliphatic heterocycles. The lowest BCUT2D eigenvalue weighted by atomic mass is 9.94. The number of nitriles is 3. The van der Waals surface area contributed by atoms with E-state index in [-0.39, 0.29) is 0 Å². The van der Waals surface area contributed by atoms with Gasteiger partial charge in [-0.3, -0.25) is 0 Å². The fourth-order valence-electron chi connectivity index (χ4n) is 7.43. The number of para-hydroxylation sites is 4. The monoisotopic (exact) mass is 635 g/mol. The van der Waals surface area contributed by atoms with Crippen molar-refractivity contribution in [2.45, 2.75) is 0 Å². The zero-order chi connectivity index (χ0) is 33.8. The standard InChI is InChI=1S/C45H25N5/c46-26-29-16-23-44-40(24-29)38-12-7-8-33(28-48)45(38)50(44)41-13-4-1-9-35(41)31-17-18-32(27-47)39(25-31)30-19-21-34(22-20-30)49-42-14-5-2-10-36(42)37-11-3-6-15-43(37)49/h1-25H. The largest absolute Gasteiger partial charge is 0.309 e. The predicted molar refractivity (Wildman–Crippen MR) is 200 cm³/mol. The summed E-state index contributed by atoms with van der Waals surface area (Å²) in [6.07, 6.45) is 0. The Morgan fingerprint density at radius 3 is 1.76 bits per heavy atom. The van der Waals surface area contributed by atoms with Crippen LogP contribution in [0, 0.1) is 34.0 Å². The summed E-state index contributed by atoms with van der Waals surface area (Å²) in [5, 5.41) is 34.3. The van der Waals surface area contributed by atoms with E-state index in [1.54, 1.807) is 0 Å². The maximum Gasteiger partial charge on any atom is 0.101 e. The number of nitrogens with zero attached hydrogens (tertiary/aromatic N) is 5. The molecular weight excluding hydrogens is 611 g/mol. The predicted octanol–water partition coefficient (Wildman–Crippen LogP) is 10.8. The fourth-order valence-corrected chi connectivity index (χ4v) is 7.43. The molecule has 0 saturated heterocycles. The Kier molecular flexibility index (Phi) is 6.56. The molecule has 7 aromatic carbocycles. The van der Waals surface area contributed by atoms with Crippen LogP contribution in [0.25, 0.3) is 77.2 Å². The maximum atomic E-state index is 10.2. The van der Waals surface area contributed by atoms with Crippen molar-refractivity contribution in [1.82, 2.24) is 9.13 Å². The molecule has 2 heterocycles. The second kappa shape index (κ2) is 11.4. The Morgan fingerprint density at radius 1 is 0.400 bits per heavy atom. The van der Waals surface area contributed by atoms with Crippen molar-refractivity contribution >= 4 is 43.6 Å². The van der Waals surface area contributed by atoms with Gasteiger partial charge in [-0.05, 0) is 77.9 Å². The second-order valence-corrected chi connectivity index (χ2v) is 12.3. The molecule has 0 bridgehead atoms. The molecule has 9 aromatic rings. The summed E-state index contributed by atoms with van der Waals surface area (Å²) in [5.74, 6) is 0. The molecular formula is C45H25N5. The van der Waals surface area contributed by atoms with Gasteiger partial charge in [0, 0.05) is 38.4 Å². The van der Waals surface area contributed by atoms with Crippen molar-refractivity contribution in [2.24, 2.45) is 0 Å². The molecule has 0 unspecified atom stereocenters. The van der Waals surface area contributed by atoms with E-state index in [4.69, 9.17) is 0 Å². The van der Waals surface area contributed by atoms with Crippen LogP contribution in [0.5, 0.6) is 0 Å². The summed E-state index contributed by atoms with van der Waals surface area (Å²) in [7, 11) is 0. The molecule has 50 heavy (non-hydrogen) atoms. The Morgan fingerprint density at radius 2 is 1.04 bits per heavy atom. The molecule has 0 aliphatic rings. The molecule has 0 fully saturated rings. The van der Waals surface area contributed by atoms with Crippen LogP contribution in [0.3, 0.4) is 0 Å². The van der Waals surface area contributed by atoms with Crippen molar-refractivity contribution < 1.29 is 0 Å². The van der Waals surface area contributed by atoms with Gasteiger partial charge in [0.15, 0.2) is 0 Å². The normalized spacial score (nSPS) is 11.1. The van der Waals surface area contributed by atoms with Crippen molar-refractivity contribution in [3.05, 3.63) is 168 Å². The van der Waals surface area contributed by atoms with E-state index in [1.807, 2.05) is 60.7 Å². The maximum absolute atomic E-state index is 10.2. The van der Waals surface area contributed by atoms with Crippen LogP contribution in [-0.4, -0.2) is 9.13 Å². The lowest BCUT2D eigenvalue weighted by Gasteiger charge is -2.16. The minimum atomic E-state index is 0.552. The molecule has 230 valence electrons. The first kappa shape index (κ1) is 28.8. The molecule has 5 heteroatoms. The van der Waals surface area contributed by atoms with Crippen molar-refractivity contribution in [1.29, 1.82) is 15.8 Å². The fraction of sp³-hybridized carbons (Fsp3) is 0. The lowest BCUT2D eigenvalue weighted by Crippen LogP contribution is -1.99. The van der Waals surface area contributed by atoms with E-state index < -0.39 is 0 Å². The van der Waals surface area contributed by atoms with Crippen molar-refractivity contribution in [2.75, 3.05) is 0 Å². The molecule has 0 N–H and O–H groups in total. The van der Waals surface area contributed by atoms with Crippen LogP contribution < -0.4 is 0 Å². The molecule has 2 aromatic heterocycles. The Balaban J connectivity index is 1.21. The van der Waals surface area contributed by atoms with Gasteiger partial charge in [-0.25, -0.2) is 0 Å². The van der Waals surface area contributed by atoms with Crippen LogP contribution in [0.2, 0.25) is 0 Å². The molecule has 0 atom stereocenters. The highest BCUT2D eigenvalue weighted by molar-refractivity contribution is 6.12. The number of rotatable bonds is 4. The summed E-state index contributed by atoms with van der Waals surface area (Å²) in [6.45, 7) is 0. The summed E-state index contributed by atoms with van der Waals surface area (Å²) in [5.41, 5.74) is 11.3. The van der Waals surface area contributed by atoms with Crippen molar-refractivity contribution in [3.8, 4) is 51.8 Å². The van der Waals surface area contributed by atoms with Gasteiger partial charge < -0.3 is 9.13 Å². The third-order valence-corrected chi connectivity index (χ3v) is 9.65. The third kappa shape index (κ3) is 4.31. The van der Waals surface area contributed by atoms with E-state index in [0.717, 1.165) is 66.5 Å². The number of fused-ring (bicyclic) bond motifs is 6. The van der Waals surface area contributed by atoms with Crippen LogP contribution in [0.1, 0.15) is 16.7 Å². The number of hydrogen-bond donors (Lipinski definition) is 0. The van der Waals surface area contributed by atoms with Crippen LogP contribution >= 0.6 is 0 Å². The van der Waals surface area contributed by atoms with Gasteiger partial charge in [0.05, 0.1) is 56.6 Å². The molecule has 0 spiro atoms. The van der Waals surface area contributed by atoms with E-state index in [0.29, 0.717) is 16.7 Å². The highest BCUT2D eigenvalue weighted by atomic mass is 15.0. The highest BCUT2D eigenvalue weighted by Crippen LogP contribution is 2.39. The van der Waals surface area contributed by atoms with E-state index in [2.05, 4.69) is 118 Å². The quantitative estimate of drug-likeness (QED) is 0.193. The van der Waals surface area contributed by atoms with Gasteiger partial charge in [-0.1, -0.05) is 84.9 Å². The molecule has 9 rings (SSSR count). The molecule has 0 radical (unpaired) electrons. The number of benzene rings is 7. The zero-order valence-electron chi connectivity index (χ0n) is 26.7. The third-order valence-electron chi connectivity index (χ3n) is 9.65. The first-order valence-corrected chi connectivity index (χ1v) is 16.3.